The Morgan fingerprint density at radius 2 is 2.00 bits per heavy atom. The summed E-state index contributed by atoms with van der Waals surface area (Å²) < 4.78 is 16.5. The molecule has 1 fully saturated rings. The Balaban J connectivity index is 1.83. The van der Waals surface area contributed by atoms with Crippen molar-refractivity contribution in [3.63, 3.8) is 0 Å². The average Bonchev–Trinajstić information content (AvgIpc) is 2.71. The zero-order valence-corrected chi connectivity index (χ0v) is 20.5. The molecule has 6 atom stereocenters. The number of amides is 1. The summed E-state index contributed by atoms with van der Waals surface area (Å²) in [7, 11) is 0. The highest BCUT2D eigenvalue weighted by Gasteiger charge is 2.33. The molecule has 2 rings (SSSR count). The first kappa shape index (κ1) is 26.6. The van der Waals surface area contributed by atoms with Crippen LogP contribution < -0.4 is 5.32 Å². The number of allylic oxidation sites excluding steroid dienone is 2. The smallest absolute Gasteiger partial charge is 0.331 e. The number of hydrogen-bond donors (Lipinski definition) is 1. The molecule has 7 heteroatoms. The third-order valence-corrected chi connectivity index (χ3v) is 5.82. The molecule has 182 valence electrons. The zero-order valence-electron chi connectivity index (χ0n) is 20.5. The van der Waals surface area contributed by atoms with Crippen molar-refractivity contribution in [2.75, 3.05) is 0 Å². The zero-order chi connectivity index (χ0) is 24.5. The molecule has 0 aliphatic carbocycles. The topological polar surface area (TPSA) is 90.9 Å². The van der Waals surface area contributed by atoms with Crippen LogP contribution in [0.25, 0.3) is 0 Å². The van der Waals surface area contributed by atoms with Crippen LogP contribution in [0.4, 0.5) is 0 Å². The van der Waals surface area contributed by atoms with Gasteiger partial charge in [0.15, 0.2) is 0 Å². The third kappa shape index (κ3) is 9.38. The van der Waals surface area contributed by atoms with Crippen LogP contribution in [0.3, 0.4) is 0 Å². The highest BCUT2D eigenvalue weighted by Crippen LogP contribution is 2.28. The van der Waals surface area contributed by atoms with Crippen LogP contribution in [-0.2, 0) is 28.6 Å². The molecule has 7 nitrogen and oxygen atoms in total. The normalized spacial score (nSPS) is 29.5. The van der Waals surface area contributed by atoms with Gasteiger partial charge in [0.25, 0.3) is 0 Å². The summed E-state index contributed by atoms with van der Waals surface area (Å²) >= 11 is 0. The van der Waals surface area contributed by atoms with Gasteiger partial charge in [-0.2, -0.15) is 0 Å². The second kappa shape index (κ2) is 12.5. The minimum atomic E-state index is -0.452. The van der Waals surface area contributed by atoms with Gasteiger partial charge in [-0.25, -0.2) is 4.79 Å². The fourth-order valence-electron chi connectivity index (χ4n) is 4.01. The van der Waals surface area contributed by atoms with E-state index >= 15 is 0 Å². The Hall–Kier alpha value is -2.67. The van der Waals surface area contributed by atoms with Gasteiger partial charge < -0.3 is 19.5 Å². The van der Waals surface area contributed by atoms with E-state index in [4.69, 9.17) is 14.2 Å². The van der Waals surface area contributed by atoms with E-state index in [0.29, 0.717) is 0 Å². The molecule has 0 bridgehead atoms. The number of esters is 2. The predicted octanol–water partition coefficient (Wildman–Crippen LogP) is 3.95. The fraction of sp³-hybridized carbons (Fsp3) is 0.577. The van der Waals surface area contributed by atoms with E-state index in [1.54, 1.807) is 13.0 Å². The lowest BCUT2D eigenvalue weighted by Gasteiger charge is -2.39. The van der Waals surface area contributed by atoms with Gasteiger partial charge in [-0.3, -0.25) is 9.59 Å². The second-order valence-corrected chi connectivity index (χ2v) is 9.09. The number of nitrogens with one attached hydrogen (secondary N) is 1. The second-order valence-electron chi connectivity index (χ2n) is 9.09. The van der Waals surface area contributed by atoms with Crippen LogP contribution >= 0.6 is 0 Å². The van der Waals surface area contributed by atoms with Crippen molar-refractivity contribution >= 4 is 17.8 Å². The Morgan fingerprint density at radius 3 is 2.67 bits per heavy atom. The molecule has 2 aliphatic heterocycles. The van der Waals surface area contributed by atoms with Crippen molar-refractivity contribution in [2.24, 2.45) is 5.92 Å². The maximum absolute atomic E-state index is 12.2. The van der Waals surface area contributed by atoms with E-state index in [0.717, 1.165) is 30.4 Å². The lowest BCUT2D eigenvalue weighted by Crippen LogP contribution is -2.50. The monoisotopic (exact) mass is 459 g/mol. The van der Waals surface area contributed by atoms with Gasteiger partial charge in [0.05, 0.1) is 18.2 Å². The molecular formula is C26H37NO6. The minimum Gasteiger partial charge on any atom is -0.459 e. The van der Waals surface area contributed by atoms with E-state index in [9.17, 15) is 14.4 Å². The van der Waals surface area contributed by atoms with Crippen molar-refractivity contribution in [2.45, 2.75) is 91.3 Å². The van der Waals surface area contributed by atoms with Crippen LogP contribution in [0.15, 0.2) is 47.6 Å². The van der Waals surface area contributed by atoms with Crippen LogP contribution in [0.5, 0.6) is 0 Å². The number of carbonyl (C=O) groups excluding carboxylic acids is 3. The highest BCUT2D eigenvalue weighted by molar-refractivity contribution is 5.87. The van der Waals surface area contributed by atoms with Gasteiger partial charge in [0.1, 0.15) is 12.2 Å². The lowest BCUT2D eigenvalue weighted by atomic mass is 9.88. The standard InChI is InChI=1S/C26H37NO6/c1-16(7-10-22-13-17(2)14-26(30)33-22)8-11-24-18(3)15-23(20(5)32-24)27-25(29)12-9-19(4)31-21(6)28/h7-10,12,14,18-20,22-24H,11,13,15H2,1-6H3,(H,27,29)/b10-7+,12-9-,16-8+/t18-,19-,20+,22+,23+,24-/m0/s1. The van der Waals surface area contributed by atoms with Crippen LogP contribution in [-0.4, -0.2) is 48.3 Å². The van der Waals surface area contributed by atoms with E-state index in [-0.39, 0.29) is 48.1 Å². The number of ether oxygens (including phenoxy) is 3. The summed E-state index contributed by atoms with van der Waals surface area (Å²) in [6.07, 6.45) is 12.1. The van der Waals surface area contributed by atoms with E-state index in [2.05, 4.69) is 18.3 Å². The van der Waals surface area contributed by atoms with Crippen molar-refractivity contribution < 1.29 is 28.6 Å². The van der Waals surface area contributed by atoms with Crippen molar-refractivity contribution in [3.05, 3.63) is 47.6 Å². The summed E-state index contributed by atoms with van der Waals surface area (Å²) in [6, 6.07) is -0.0836. The van der Waals surface area contributed by atoms with Crippen LogP contribution in [0, 0.1) is 5.92 Å². The predicted molar refractivity (Wildman–Crippen MR) is 126 cm³/mol. The molecule has 0 aromatic heterocycles. The lowest BCUT2D eigenvalue weighted by molar-refractivity contribution is -0.144. The molecule has 1 saturated heterocycles. The first-order valence-corrected chi connectivity index (χ1v) is 11.6. The van der Waals surface area contributed by atoms with Crippen LogP contribution in [0.1, 0.15) is 60.8 Å². The average molecular weight is 460 g/mol. The van der Waals surface area contributed by atoms with E-state index < -0.39 is 6.10 Å². The summed E-state index contributed by atoms with van der Waals surface area (Å²) in [5.74, 6) is -0.624. The molecule has 0 spiro atoms. The minimum absolute atomic E-state index is 0.0636. The Bertz CT molecular complexity index is 840. The SMILES string of the molecule is CC(=O)O[C@@H](C)/C=C\C(=O)N[C@@H]1C[C@H](C)[C@H](C/C=C(C)/C=C/[C@@H]2CC(C)=CC(=O)O2)O[C@@H]1C. The molecule has 1 amide bonds. The first-order valence-electron chi connectivity index (χ1n) is 11.6. The third-order valence-electron chi connectivity index (χ3n) is 5.82. The molecule has 2 heterocycles. The summed E-state index contributed by atoms with van der Waals surface area (Å²) in [5.41, 5.74) is 2.11. The number of rotatable bonds is 8. The molecule has 0 radical (unpaired) electrons. The molecule has 2 aliphatic rings. The summed E-state index contributed by atoms with van der Waals surface area (Å²) in [5, 5.41) is 2.99. The molecule has 33 heavy (non-hydrogen) atoms. The molecular weight excluding hydrogens is 422 g/mol. The van der Waals surface area contributed by atoms with Crippen molar-refractivity contribution in [1.29, 1.82) is 0 Å². The summed E-state index contributed by atoms with van der Waals surface area (Å²) in [6.45, 7) is 11.1. The van der Waals surface area contributed by atoms with Gasteiger partial charge >= 0.3 is 11.9 Å². The van der Waals surface area contributed by atoms with Gasteiger partial charge in [0.2, 0.25) is 5.91 Å². The maximum Gasteiger partial charge on any atom is 0.331 e. The molecule has 0 aromatic rings. The van der Waals surface area contributed by atoms with Gasteiger partial charge in [-0.1, -0.05) is 30.2 Å². The van der Waals surface area contributed by atoms with Gasteiger partial charge in [0, 0.05) is 25.5 Å². The Labute approximate surface area is 196 Å². The van der Waals surface area contributed by atoms with Crippen molar-refractivity contribution in [1.82, 2.24) is 5.32 Å². The Morgan fingerprint density at radius 1 is 1.27 bits per heavy atom. The van der Waals surface area contributed by atoms with Gasteiger partial charge in [-0.15, -0.1) is 0 Å². The molecule has 0 unspecified atom stereocenters. The maximum atomic E-state index is 12.2. The Kier molecular flexibility index (Phi) is 10.1. The number of carbonyl (C=O) groups is 3. The molecule has 0 aromatic carbocycles. The van der Waals surface area contributed by atoms with Crippen LogP contribution in [0.2, 0.25) is 0 Å². The molecule has 1 N–H and O–H groups in total. The largest absolute Gasteiger partial charge is 0.459 e. The van der Waals surface area contributed by atoms with E-state index in [1.807, 2.05) is 32.9 Å². The first-order chi connectivity index (χ1) is 15.5. The number of cyclic esters (lactones) is 1. The quantitative estimate of drug-likeness (QED) is 0.336. The number of hydrogen-bond acceptors (Lipinski definition) is 6. The van der Waals surface area contributed by atoms with E-state index in [1.165, 1.54) is 19.1 Å². The molecule has 0 saturated carbocycles. The van der Waals surface area contributed by atoms with Crippen molar-refractivity contribution in [3.8, 4) is 0 Å². The summed E-state index contributed by atoms with van der Waals surface area (Å²) in [4.78, 5) is 34.7. The fourth-order valence-corrected chi connectivity index (χ4v) is 4.01. The highest BCUT2D eigenvalue weighted by atomic mass is 16.5. The van der Waals surface area contributed by atoms with Gasteiger partial charge in [-0.05, 0) is 58.6 Å².